The summed E-state index contributed by atoms with van der Waals surface area (Å²) in [5, 5.41) is 19.7. The molecule has 0 radical (unpaired) electrons. The number of hydrazone groups is 1. The highest BCUT2D eigenvalue weighted by Crippen LogP contribution is 2.33. The molecule has 1 atom stereocenters. The Morgan fingerprint density at radius 1 is 1.14 bits per heavy atom. The molecule has 0 saturated carbocycles. The first-order chi connectivity index (χ1) is 17.5. The number of methoxy groups -OCH3 is 1. The molecule has 1 N–H and O–H groups in total. The van der Waals surface area contributed by atoms with E-state index in [2.05, 4.69) is 10.1 Å². The van der Waals surface area contributed by atoms with Crippen LogP contribution in [0.25, 0.3) is 11.0 Å². The van der Waals surface area contributed by atoms with Crippen molar-refractivity contribution < 1.29 is 14.6 Å². The molecule has 0 spiro atoms. The molecule has 0 bridgehead atoms. The zero-order valence-corrected chi connectivity index (χ0v) is 20.0. The molecule has 2 aromatic heterocycles. The van der Waals surface area contributed by atoms with Gasteiger partial charge in [-0.2, -0.15) is 10.2 Å². The van der Waals surface area contributed by atoms with Gasteiger partial charge in [0.25, 0.3) is 11.5 Å². The van der Waals surface area contributed by atoms with Crippen molar-refractivity contribution in [2.75, 3.05) is 13.7 Å². The predicted octanol–water partition coefficient (Wildman–Crippen LogP) is 2.28. The summed E-state index contributed by atoms with van der Waals surface area (Å²) in [7, 11) is 1.61. The zero-order chi connectivity index (χ0) is 25.2. The number of aliphatic hydroxyl groups is 1. The number of benzene rings is 2. The van der Waals surface area contributed by atoms with Crippen molar-refractivity contribution in [2.24, 2.45) is 5.10 Å². The lowest BCUT2D eigenvalue weighted by atomic mass is 9.97. The number of rotatable bonds is 7. The average molecular weight is 487 g/mol. The number of fused-ring (bicyclic) bond motifs is 1. The highest BCUT2D eigenvalue weighted by Gasteiger charge is 2.33. The van der Waals surface area contributed by atoms with Gasteiger partial charge in [-0.25, -0.2) is 14.7 Å². The van der Waals surface area contributed by atoms with E-state index in [1.807, 2.05) is 55.5 Å². The van der Waals surface area contributed by atoms with Gasteiger partial charge in [0.15, 0.2) is 5.65 Å². The van der Waals surface area contributed by atoms with E-state index >= 15 is 0 Å². The van der Waals surface area contributed by atoms with E-state index in [1.165, 1.54) is 26.8 Å². The molecule has 5 rings (SSSR count). The van der Waals surface area contributed by atoms with Crippen molar-refractivity contribution in [1.82, 2.24) is 24.3 Å². The second-order valence-corrected chi connectivity index (χ2v) is 8.65. The van der Waals surface area contributed by atoms with Gasteiger partial charge in [-0.3, -0.25) is 14.2 Å². The molecular formula is C26H26N6O4. The minimum atomic E-state index is -0.372. The van der Waals surface area contributed by atoms with Crippen LogP contribution >= 0.6 is 0 Å². The van der Waals surface area contributed by atoms with Crippen LogP contribution in [0.5, 0.6) is 5.75 Å². The predicted molar refractivity (Wildman–Crippen MR) is 134 cm³/mol. The summed E-state index contributed by atoms with van der Waals surface area (Å²) >= 11 is 0. The van der Waals surface area contributed by atoms with Gasteiger partial charge in [0.1, 0.15) is 24.0 Å². The Labute approximate surface area is 207 Å². The van der Waals surface area contributed by atoms with Crippen molar-refractivity contribution in [3.05, 3.63) is 88.1 Å². The van der Waals surface area contributed by atoms with Crippen molar-refractivity contribution in [3.63, 3.8) is 0 Å². The Morgan fingerprint density at radius 3 is 2.58 bits per heavy atom. The minimum Gasteiger partial charge on any atom is -0.497 e. The lowest BCUT2D eigenvalue weighted by Crippen LogP contribution is -2.34. The largest absolute Gasteiger partial charge is 0.497 e. The fourth-order valence-electron chi connectivity index (χ4n) is 4.33. The molecule has 3 heterocycles. The Morgan fingerprint density at radius 2 is 1.89 bits per heavy atom. The molecule has 1 unspecified atom stereocenters. The van der Waals surface area contributed by atoms with Crippen molar-refractivity contribution in [2.45, 2.75) is 32.5 Å². The van der Waals surface area contributed by atoms with Gasteiger partial charge in [0.05, 0.1) is 38.2 Å². The monoisotopic (exact) mass is 486 g/mol. The Bertz CT molecular complexity index is 1490. The number of hydrogen-bond acceptors (Lipinski definition) is 7. The van der Waals surface area contributed by atoms with Crippen LogP contribution in [-0.2, 0) is 17.9 Å². The smallest absolute Gasteiger partial charge is 0.264 e. The van der Waals surface area contributed by atoms with Crippen LogP contribution in [0.1, 0.15) is 29.2 Å². The molecule has 1 aliphatic rings. The minimum absolute atomic E-state index is 0.121. The summed E-state index contributed by atoms with van der Waals surface area (Å²) < 4.78 is 7.98. The fourth-order valence-corrected chi connectivity index (χ4v) is 4.33. The summed E-state index contributed by atoms with van der Waals surface area (Å²) in [5.74, 6) is 0.417. The summed E-state index contributed by atoms with van der Waals surface area (Å²) in [4.78, 5) is 30.8. The first-order valence-corrected chi connectivity index (χ1v) is 11.6. The number of carbonyl (C=O) groups is 1. The molecule has 4 aromatic rings. The average Bonchev–Trinajstić information content (AvgIpc) is 3.52. The Hall–Kier alpha value is -4.31. The van der Waals surface area contributed by atoms with E-state index in [0.29, 0.717) is 12.1 Å². The highest BCUT2D eigenvalue weighted by molar-refractivity contribution is 6.03. The molecule has 0 aliphatic carbocycles. The quantitative estimate of drug-likeness (QED) is 0.429. The maximum atomic E-state index is 13.5. The fraction of sp³-hybridized carbons (Fsp3) is 0.269. The second kappa shape index (κ2) is 9.74. The lowest BCUT2D eigenvalue weighted by molar-refractivity contribution is -0.133. The van der Waals surface area contributed by atoms with E-state index in [1.54, 1.807) is 7.11 Å². The van der Waals surface area contributed by atoms with Crippen LogP contribution in [0.2, 0.25) is 0 Å². The normalized spacial score (nSPS) is 15.4. The zero-order valence-electron chi connectivity index (χ0n) is 20.0. The van der Waals surface area contributed by atoms with Crippen LogP contribution < -0.4 is 10.3 Å². The molecule has 1 aliphatic heterocycles. The highest BCUT2D eigenvalue weighted by atomic mass is 16.5. The first-order valence-electron chi connectivity index (χ1n) is 11.6. The topological polar surface area (TPSA) is 115 Å². The molecule has 10 nitrogen and oxygen atoms in total. The third-order valence-corrected chi connectivity index (χ3v) is 6.29. The number of hydrogen-bond donors (Lipinski definition) is 1. The molecule has 36 heavy (non-hydrogen) atoms. The first kappa shape index (κ1) is 23.4. The maximum Gasteiger partial charge on any atom is 0.264 e. The lowest BCUT2D eigenvalue weighted by Gasteiger charge is -2.22. The van der Waals surface area contributed by atoms with Crippen LogP contribution in [-0.4, -0.2) is 54.8 Å². The van der Waals surface area contributed by atoms with Crippen molar-refractivity contribution in [1.29, 1.82) is 0 Å². The van der Waals surface area contributed by atoms with Gasteiger partial charge in [-0.05, 0) is 42.3 Å². The van der Waals surface area contributed by atoms with E-state index in [4.69, 9.17) is 9.84 Å². The van der Waals surface area contributed by atoms with E-state index in [0.717, 1.165) is 28.2 Å². The number of ether oxygens (including phenoxy) is 1. The summed E-state index contributed by atoms with van der Waals surface area (Å²) in [5.41, 5.74) is 3.77. The third-order valence-electron chi connectivity index (χ3n) is 6.29. The number of aliphatic hydroxyl groups excluding tert-OH is 1. The van der Waals surface area contributed by atoms with Crippen LogP contribution in [0.4, 0.5) is 0 Å². The van der Waals surface area contributed by atoms with Crippen molar-refractivity contribution in [3.8, 4) is 5.75 Å². The van der Waals surface area contributed by atoms with Gasteiger partial charge < -0.3 is 9.84 Å². The second-order valence-electron chi connectivity index (χ2n) is 8.65. The van der Waals surface area contributed by atoms with E-state index in [-0.39, 0.29) is 42.6 Å². The molecule has 0 fully saturated rings. The van der Waals surface area contributed by atoms with Crippen LogP contribution in [0, 0.1) is 6.92 Å². The van der Waals surface area contributed by atoms with E-state index in [9.17, 15) is 14.7 Å². The molecule has 10 heteroatoms. The maximum absolute atomic E-state index is 13.5. The SMILES string of the molecule is COc1ccc(C2=NN(C(=O)Cn3cnc4c(cnn4CCO)c3=O)C(c3ccc(C)cc3)C2)cc1. The Kier molecular flexibility index (Phi) is 6.34. The van der Waals surface area contributed by atoms with Crippen LogP contribution in [0.3, 0.4) is 0 Å². The number of amides is 1. The Balaban J connectivity index is 1.46. The van der Waals surface area contributed by atoms with Gasteiger partial charge in [-0.1, -0.05) is 29.8 Å². The number of aromatic nitrogens is 4. The summed E-state index contributed by atoms with van der Waals surface area (Å²) in [6, 6.07) is 15.3. The van der Waals surface area contributed by atoms with Crippen LogP contribution in [0.15, 0.2) is 71.0 Å². The number of aryl methyl sites for hydroxylation is 1. The number of carbonyl (C=O) groups excluding carboxylic acids is 1. The number of nitrogens with zero attached hydrogens (tertiary/aromatic N) is 6. The summed E-state index contributed by atoms with van der Waals surface area (Å²) in [6.45, 7) is 1.91. The van der Waals surface area contributed by atoms with Gasteiger partial charge in [-0.15, -0.1) is 0 Å². The summed E-state index contributed by atoms with van der Waals surface area (Å²) in [6.07, 6.45) is 3.29. The standard InChI is InChI=1S/C26H26N6O4/c1-17-3-5-19(6-4-17)23-13-22(18-7-9-20(36-2)10-8-18)29-32(23)24(34)15-30-16-27-25-21(26(30)35)14-28-31(25)11-12-33/h3-10,14,16,23,33H,11-13,15H2,1-2H3. The van der Waals surface area contributed by atoms with Crippen molar-refractivity contribution >= 4 is 22.7 Å². The van der Waals surface area contributed by atoms with Gasteiger partial charge >= 0.3 is 0 Å². The van der Waals surface area contributed by atoms with Gasteiger partial charge in [0, 0.05) is 6.42 Å². The molecule has 1 amide bonds. The van der Waals surface area contributed by atoms with E-state index < -0.39 is 0 Å². The molecule has 184 valence electrons. The molecule has 0 saturated heterocycles. The van der Waals surface area contributed by atoms with Gasteiger partial charge in [0.2, 0.25) is 0 Å². The molecule has 2 aromatic carbocycles. The molecular weight excluding hydrogens is 460 g/mol. The third kappa shape index (κ3) is 4.38.